The molecule has 0 fully saturated rings. The van der Waals surface area contributed by atoms with Crippen molar-refractivity contribution < 1.29 is 9.15 Å². The van der Waals surface area contributed by atoms with E-state index in [2.05, 4.69) is 35.1 Å². The highest BCUT2D eigenvalue weighted by molar-refractivity contribution is 9.10. The molecule has 86 valence electrons. The molecule has 2 unspecified atom stereocenters. The first-order chi connectivity index (χ1) is 7.15. The second kappa shape index (κ2) is 6.30. The van der Waals surface area contributed by atoms with E-state index >= 15 is 0 Å². The lowest BCUT2D eigenvalue weighted by atomic mass is 10.2. The van der Waals surface area contributed by atoms with Crippen molar-refractivity contribution in [2.75, 3.05) is 13.2 Å². The second-order valence-corrected chi connectivity index (χ2v) is 4.38. The number of halogens is 1. The Kier molecular flexibility index (Phi) is 5.36. The Balaban J connectivity index is 2.36. The van der Waals surface area contributed by atoms with Crippen LogP contribution in [0.5, 0.6) is 0 Å². The standard InChI is InChI=1S/C11H18BrNO2/c1-4-14-8(2)7-13-9(3)11-10(12)5-6-15-11/h5-6,8-9,13H,4,7H2,1-3H3. The molecule has 3 nitrogen and oxygen atoms in total. The quantitative estimate of drug-likeness (QED) is 0.866. The lowest BCUT2D eigenvalue weighted by Crippen LogP contribution is -2.29. The SMILES string of the molecule is CCOC(C)CNC(C)c1occc1Br. The van der Waals surface area contributed by atoms with E-state index < -0.39 is 0 Å². The number of nitrogens with one attached hydrogen (secondary N) is 1. The van der Waals surface area contributed by atoms with Gasteiger partial charge in [0, 0.05) is 13.2 Å². The number of hydrogen-bond acceptors (Lipinski definition) is 3. The van der Waals surface area contributed by atoms with Gasteiger partial charge in [0.25, 0.3) is 0 Å². The van der Waals surface area contributed by atoms with Crippen LogP contribution in [0.1, 0.15) is 32.6 Å². The fraction of sp³-hybridized carbons (Fsp3) is 0.636. The maximum Gasteiger partial charge on any atom is 0.134 e. The predicted octanol–water partition coefficient (Wildman–Crippen LogP) is 3.12. The van der Waals surface area contributed by atoms with Crippen molar-refractivity contribution in [2.45, 2.75) is 32.9 Å². The largest absolute Gasteiger partial charge is 0.466 e. The Labute approximate surface area is 99.3 Å². The van der Waals surface area contributed by atoms with Gasteiger partial charge in [0.15, 0.2) is 0 Å². The summed E-state index contributed by atoms with van der Waals surface area (Å²) in [6.45, 7) is 7.70. The lowest BCUT2D eigenvalue weighted by Gasteiger charge is -2.16. The van der Waals surface area contributed by atoms with Crippen LogP contribution in [0.25, 0.3) is 0 Å². The van der Waals surface area contributed by atoms with Gasteiger partial charge in [-0.3, -0.25) is 0 Å². The van der Waals surface area contributed by atoms with E-state index in [1.807, 2.05) is 13.0 Å². The normalized spacial score (nSPS) is 15.2. The van der Waals surface area contributed by atoms with Crippen molar-refractivity contribution in [3.63, 3.8) is 0 Å². The van der Waals surface area contributed by atoms with Gasteiger partial charge >= 0.3 is 0 Å². The number of hydrogen-bond donors (Lipinski definition) is 1. The molecule has 0 aliphatic rings. The molecule has 0 amide bonds. The van der Waals surface area contributed by atoms with Crippen LogP contribution < -0.4 is 5.32 Å². The monoisotopic (exact) mass is 275 g/mol. The summed E-state index contributed by atoms with van der Waals surface area (Å²) in [5, 5.41) is 3.36. The molecule has 1 heterocycles. The highest BCUT2D eigenvalue weighted by atomic mass is 79.9. The molecular formula is C11H18BrNO2. The number of ether oxygens (including phenoxy) is 1. The molecule has 0 spiro atoms. The molecule has 0 saturated carbocycles. The van der Waals surface area contributed by atoms with Crippen LogP contribution in [0.2, 0.25) is 0 Å². The summed E-state index contributed by atoms with van der Waals surface area (Å²) in [4.78, 5) is 0. The highest BCUT2D eigenvalue weighted by Gasteiger charge is 2.13. The average Bonchev–Trinajstić information content (AvgIpc) is 2.61. The molecular weight excluding hydrogens is 258 g/mol. The summed E-state index contributed by atoms with van der Waals surface area (Å²) >= 11 is 3.44. The summed E-state index contributed by atoms with van der Waals surface area (Å²) in [5.74, 6) is 0.929. The molecule has 0 bridgehead atoms. The van der Waals surface area contributed by atoms with E-state index in [4.69, 9.17) is 9.15 Å². The Morgan fingerprint density at radius 3 is 2.80 bits per heavy atom. The number of rotatable bonds is 6. The van der Waals surface area contributed by atoms with E-state index in [0.717, 1.165) is 23.4 Å². The van der Waals surface area contributed by atoms with Gasteiger partial charge in [-0.05, 0) is 42.8 Å². The van der Waals surface area contributed by atoms with Crippen LogP contribution in [0.15, 0.2) is 21.2 Å². The van der Waals surface area contributed by atoms with Crippen LogP contribution in [0.3, 0.4) is 0 Å². The Bertz CT molecular complexity index is 288. The molecule has 4 heteroatoms. The van der Waals surface area contributed by atoms with Gasteiger partial charge in [0.05, 0.1) is 22.9 Å². The molecule has 1 N–H and O–H groups in total. The first kappa shape index (κ1) is 12.7. The molecule has 0 radical (unpaired) electrons. The van der Waals surface area contributed by atoms with Crippen molar-refractivity contribution in [1.82, 2.24) is 5.32 Å². The van der Waals surface area contributed by atoms with Crippen molar-refractivity contribution in [3.8, 4) is 0 Å². The third-order valence-electron chi connectivity index (χ3n) is 2.20. The lowest BCUT2D eigenvalue weighted by molar-refractivity contribution is 0.0738. The van der Waals surface area contributed by atoms with E-state index in [1.165, 1.54) is 0 Å². The highest BCUT2D eigenvalue weighted by Crippen LogP contribution is 2.23. The van der Waals surface area contributed by atoms with Gasteiger partial charge in [0.2, 0.25) is 0 Å². The summed E-state index contributed by atoms with van der Waals surface area (Å²) in [6.07, 6.45) is 1.91. The minimum Gasteiger partial charge on any atom is -0.466 e. The average molecular weight is 276 g/mol. The zero-order valence-corrected chi connectivity index (χ0v) is 11.0. The van der Waals surface area contributed by atoms with E-state index in [0.29, 0.717) is 0 Å². The molecule has 0 saturated heterocycles. The molecule has 2 atom stereocenters. The number of furan rings is 1. The Morgan fingerprint density at radius 1 is 1.53 bits per heavy atom. The third kappa shape index (κ3) is 3.97. The second-order valence-electron chi connectivity index (χ2n) is 3.53. The van der Waals surface area contributed by atoms with Crippen LogP contribution >= 0.6 is 15.9 Å². The van der Waals surface area contributed by atoms with Crippen molar-refractivity contribution >= 4 is 15.9 Å². The maximum atomic E-state index is 5.43. The van der Waals surface area contributed by atoms with Crippen molar-refractivity contribution in [2.24, 2.45) is 0 Å². The topological polar surface area (TPSA) is 34.4 Å². The van der Waals surface area contributed by atoms with E-state index in [9.17, 15) is 0 Å². The van der Waals surface area contributed by atoms with Gasteiger partial charge in [0.1, 0.15) is 5.76 Å². The Hall–Kier alpha value is -0.320. The molecule has 1 rings (SSSR count). The zero-order valence-electron chi connectivity index (χ0n) is 9.42. The van der Waals surface area contributed by atoms with Crippen LogP contribution in [0.4, 0.5) is 0 Å². The smallest absolute Gasteiger partial charge is 0.134 e. The van der Waals surface area contributed by atoms with E-state index in [-0.39, 0.29) is 12.1 Å². The third-order valence-corrected chi connectivity index (χ3v) is 2.86. The first-order valence-corrected chi connectivity index (χ1v) is 6.02. The fourth-order valence-corrected chi connectivity index (χ4v) is 1.94. The van der Waals surface area contributed by atoms with Gasteiger partial charge in [-0.2, -0.15) is 0 Å². The van der Waals surface area contributed by atoms with Crippen LogP contribution in [-0.4, -0.2) is 19.3 Å². The summed E-state index contributed by atoms with van der Waals surface area (Å²) < 4.78 is 11.8. The van der Waals surface area contributed by atoms with Gasteiger partial charge in [-0.1, -0.05) is 0 Å². The van der Waals surface area contributed by atoms with Gasteiger partial charge in [-0.25, -0.2) is 0 Å². The summed E-state index contributed by atoms with van der Waals surface area (Å²) in [6, 6.07) is 2.09. The molecule has 15 heavy (non-hydrogen) atoms. The predicted molar refractivity (Wildman–Crippen MR) is 63.9 cm³/mol. The Morgan fingerprint density at radius 2 is 2.27 bits per heavy atom. The fourth-order valence-electron chi connectivity index (χ4n) is 1.39. The summed E-state index contributed by atoms with van der Waals surface area (Å²) in [5.41, 5.74) is 0. The van der Waals surface area contributed by atoms with Crippen molar-refractivity contribution in [3.05, 3.63) is 22.6 Å². The van der Waals surface area contributed by atoms with Gasteiger partial charge in [-0.15, -0.1) is 0 Å². The summed E-state index contributed by atoms with van der Waals surface area (Å²) in [7, 11) is 0. The first-order valence-electron chi connectivity index (χ1n) is 5.23. The van der Waals surface area contributed by atoms with Gasteiger partial charge < -0.3 is 14.5 Å². The molecule has 1 aromatic heterocycles. The molecule has 0 aromatic carbocycles. The molecule has 0 aliphatic carbocycles. The zero-order chi connectivity index (χ0) is 11.3. The van der Waals surface area contributed by atoms with Crippen LogP contribution in [0, 0.1) is 0 Å². The van der Waals surface area contributed by atoms with Crippen LogP contribution in [-0.2, 0) is 4.74 Å². The molecule has 1 aromatic rings. The minimum atomic E-state index is 0.192. The maximum absolute atomic E-state index is 5.43. The van der Waals surface area contributed by atoms with Crippen molar-refractivity contribution in [1.29, 1.82) is 0 Å². The molecule has 0 aliphatic heterocycles. The minimum absolute atomic E-state index is 0.192. The van der Waals surface area contributed by atoms with E-state index in [1.54, 1.807) is 6.26 Å².